The van der Waals surface area contributed by atoms with Crippen LogP contribution in [0.25, 0.3) is 0 Å². The van der Waals surface area contributed by atoms with Gasteiger partial charge < -0.3 is 34.7 Å². The SMILES string of the molecule is CCC(C)C(C(CC(=O)N1CCC[C@H]1[C@H](OC)[C@@H](C)C(=O)N[C@H](C=O)Cc1ccccc1)OC)N(C)C(=O)C(NC(=O)C(C(C)C)N(C)C)C(C)C. The van der Waals surface area contributed by atoms with Crippen LogP contribution in [0.15, 0.2) is 30.3 Å². The standard InChI is InChI=1S/C40H67N5O7/c1-13-27(6)36(44(10)40(50)34(25(2)3)42-39(49)35(26(4)5)43(8)9)32(51-11)23-33(47)45-21-17-20-31(45)37(52-12)28(7)38(48)41-30(24-46)22-29-18-15-14-16-19-29/h14-16,18-19,24-28,30-32,34-37H,13,17,20-23H2,1-12H3,(H,41,48)(H,42,49)/t27?,28-,30+,31+,32?,34?,35?,36?,37-/m1/s1. The number of aldehydes is 1. The van der Waals surface area contributed by atoms with Gasteiger partial charge in [-0.25, -0.2) is 0 Å². The minimum Gasteiger partial charge on any atom is -0.379 e. The summed E-state index contributed by atoms with van der Waals surface area (Å²) in [4.78, 5) is 72.4. The molecule has 1 heterocycles. The largest absolute Gasteiger partial charge is 0.379 e. The van der Waals surface area contributed by atoms with Crippen molar-refractivity contribution in [2.75, 3.05) is 41.9 Å². The summed E-state index contributed by atoms with van der Waals surface area (Å²) in [5.41, 5.74) is 0.938. The van der Waals surface area contributed by atoms with Gasteiger partial charge in [0.2, 0.25) is 23.6 Å². The molecule has 9 atom stereocenters. The van der Waals surface area contributed by atoms with E-state index in [2.05, 4.69) is 10.6 Å². The maximum Gasteiger partial charge on any atom is 0.245 e. The summed E-state index contributed by atoms with van der Waals surface area (Å²) in [6.45, 7) is 14.1. The first-order chi connectivity index (χ1) is 24.5. The number of carbonyl (C=O) groups is 5. The molecule has 2 N–H and O–H groups in total. The number of hydrogen-bond acceptors (Lipinski definition) is 8. The quantitative estimate of drug-likeness (QED) is 0.184. The van der Waals surface area contributed by atoms with Crippen LogP contribution in [0.4, 0.5) is 0 Å². The van der Waals surface area contributed by atoms with Gasteiger partial charge in [-0.15, -0.1) is 0 Å². The Balaban J connectivity index is 2.25. The van der Waals surface area contributed by atoms with Crippen molar-refractivity contribution < 1.29 is 33.4 Å². The summed E-state index contributed by atoms with van der Waals surface area (Å²) in [5, 5.41) is 5.90. The van der Waals surface area contributed by atoms with Crippen LogP contribution in [-0.4, -0.2) is 129 Å². The Hall–Kier alpha value is -3.35. The second-order valence-corrected chi connectivity index (χ2v) is 15.4. The van der Waals surface area contributed by atoms with Gasteiger partial charge in [0.15, 0.2) is 0 Å². The van der Waals surface area contributed by atoms with Crippen LogP contribution in [-0.2, 0) is 39.9 Å². The van der Waals surface area contributed by atoms with E-state index in [4.69, 9.17) is 9.47 Å². The lowest BCUT2D eigenvalue weighted by molar-refractivity contribution is -0.148. The number of amides is 4. The molecule has 1 saturated heterocycles. The highest BCUT2D eigenvalue weighted by Crippen LogP contribution is 2.30. The van der Waals surface area contributed by atoms with Gasteiger partial charge in [-0.1, -0.05) is 85.2 Å². The van der Waals surface area contributed by atoms with Gasteiger partial charge in [-0.05, 0) is 56.7 Å². The van der Waals surface area contributed by atoms with Crippen molar-refractivity contribution in [1.82, 2.24) is 25.3 Å². The van der Waals surface area contributed by atoms with Crippen LogP contribution in [0.1, 0.15) is 79.7 Å². The third-order valence-corrected chi connectivity index (χ3v) is 10.7. The highest BCUT2D eigenvalue weighted by atomic mass is 16.5. The minimum absolute atomic E-state index is 0.0214. The maximum absolute atomic E-state index is 14.2. The Labute approximate surface area is 312 Å². The van der Waals surface area contributed by atoms with E-state index in [0.717, 1.165) is 24.7 Å². The van der Waals surface area contributed by atoms with Gasteiger partial charge >= 0.3 is 0 Å². The summed E-state index contributed by atoms with van der Waals surface area (Å²) in [5.74, 6) is -1.68. The van der Waals surface area contributed by atoms with E-state index in [9.17, 15) is 24.0 Å². The van der Waals surface area contributed by atoms with Gasteiger partial charge in [0.05, 0.1) is 48.7 Å². The van der Waals surface area contributed by atoms with Gasteiger partial charge in [0.25, 0.3) is 0 Å². The molecule has 12 nitrogen and oxygen atoms in total. The summed E-state index contributed by atoms with van der Waals surface area (Å²) < 4.78 is 11.9. The van der Waals surface area contributed by atoms with Gasteiger partial charge in [-0.2, -0.15) is 0 Å². The number of methoxy groups -OCH3 is 2. The molecule has 0 saturated carbocycles. The van der Waals surface area contributed by atoms with E-state index >= 15 is 0 Å². The molecule has 294 valence electrons. The van der Waals surface area contributed by atoms with E-state index < -0.39 is 42.3 Å². The summed E-state index contributed by atoms with van der Waals surface area (Å²) in [6.07, 6.45) is 2.07. The summed E-state index contributed by atoms with van der Waals surface area (Å²) >= 11 is 0. The molecule has 1 aromatic rings. The van der Waals surface area contributed by atoms with E-state index in [1.165, 1.54) is 0 Å². The molecule has 0 aromatic heterocycles. The zero-order valence-corrected chi connectivity index (χ0v) is 33.8. The summed E-state index contributed by atoms with van der Waals surface area (Å²) in [6, 6.07) is 6.84. The van der Waals surface area contributed by atoms with Crippen molar-refractivity contribution in [3.8, 4) is 0 Å². The lowest BCUT2D eigenvalue weighted by atomic mass is 9.89. The molecule has 52 heavy (non-hydrogen) atoms. The second-order valence-electron chi connectivity index (χ2n) is 15.4. The van der Waals surface area contributed by atoms with Gasteiger partial charge in [0, 0.05) is 27.8 Å². The molecule has 0 aliphatic carbocycles. The maximum atomic E-state index is 14.2. The van der Waals surface area contributed by atoms with Crippen molar-refractivity contribution in [2.24, 2.45) is 23.7 Å². The number of likely N-dealkylation sites (N-methyl/N-ethyl adjacent to an activating group) is 2. The van der Waals surface area contributed by atoms with Crippen molar-refractivity contribution in [3.63, 3.8) is 0 Å². The Bertz CT molecular complexity index is 1280. The van der Waals surface area contributed by atoms with E-state index in [-0.39, 0.29) is 53.8 Å². The fourth-order valence-corrected chi connectivity index (χ4v) is 7.73. The fraction of sp³-hybridized carbons (Fsp3) is 0.725. The number of nitrogens with one attached hydrogen (secondary N) is 2. The average Bonchev–Trinajstić information content (AvgIpc) is 3.59. The molecular formula is C40H67N5O7. The molecule has 1 aromatic carbocycles. The van der Waals surface area contributed by atoms with Crippen LogP contribution < -0.4 is 10.6 Å². The average molecular weight is 730 g/mol. The Morgan fingerprint density at radius 3 is 2.06 bits per heavy atom. The number of hydrogen-bond donors (Lipinski definition) is 2. The number of rotatable bonds is 21. The van der Waals surface area contributed by atoms with Crippen LogP contribution >= 0.6 is 0 Å². The first kappa shape index (κ1) is 44.8. The van der Waals surface area contributed by atoms with Crippen molar-refractivity contribution in [3.05, 3.63) is 35.9 Å². The number of benzene rings is 1. The number of carbonyl (C=O) groups excluding carboxylic acids is 5. The highest BCUT2D eigenvalue weighted by Gasteiger charge is 2.43. The molecular weight excluding hydrogens is 662 g/mol. The van der Waals surface area contributed by atoms with Crippen molar-refractivity contribution in [1.29, 1.82) is 0 Å². The highest BCUT2D eigenvalue weighted by molar-refractivity contribution is 5.90. The van der Waals surface area contributed by atoms with Crippen LogP contribution in [0, 0.1) is 23.7 Å². The zero-order chi connectivity index (χ0) is 39.3. The fourth-order valence-electron chi connectivity index (χ4n) is 7.73. The monoisotopic (exact) mass is 730 g/mol. The zero-order valence-electron chi connectivity index (χ0n) is 33.8. The van der Waals surface area contributed by atoms with Crippen LogP contribution in [0.3, 0.4) is 0 Å². The predicted octanol–water partition coefficient (Wildman–Crippen LogP) is 3.56. The Kier molecular flexibility index (Phi) is 18.4. The molecule has 12 heteroatoms. The number of nitrogens with zero attached hydrogens (tertiary/aromatic N) is 3. The second kappa shape index (κ2) is 21.4. The minimum atomic E-state index is -0.761. The lowest BCUT2D eigenvalue weighted by Gasteiger charge is -2.41. The number of ether oxygens (including phenoxy) is 2. The predicted molar refractivity (Wildman–Crippen MR) is 203 cm³/mol. The Morgan fingerprint density at radius 2 is 1.56 bits per heavy atom. The topological polar surface area (TPSA) is 138 Å². The third-order valence-electron chi connectivity index (χ3n) is 10.7. The van der Waals surface area contributed by atoms with Crippen LogP contribution in [0.2, 0.25) is 0 Å². The normalized spacial score (nSPS) is 19.4. The van der Waals surface area contributed by atoms with Crippen molar-refractivity contribution in [2.45, 2.75) is 123 Å². The molecule has 1 aliphatic rings. The first-order valence-corrected chi connectivity index (χ1v) is 18.9. The smallest absolute Gasteiger partial charge is 0.245 e. The Morgan fingerprint density at radius 1 is 0.923 bits per heavy atom. The summed E-state index contributed by atoms with van der Waals surface area (Å²) in [7, 11) is 8.54. The molecule has 0 bridgehead atoms. The van der Waals surface area contributed by atoms with Gasteiger partial charge in [0.1, 0.15) is 12.3 Å². The molecule has 0 radical (unpaired) electrons. The molecule has 2 rings (SSSR count). The molecule has 1 aliphatic heterocycles. The van der Waals surface area contributed by atoms with E-state index in [1.807, 2.05) is 90.9 Å². The van der Waals surface area contributed by atoms with Gasteiger partial charge in [-0.3, -0.25) is 24.1 Å². The first-order valence-electron chi connectivity index (χ1n) is 18.9. The van der Waals surface area contributed by atoms with Crippen LogP contribution in [0.5, 0.6) is 0 Å². The van der Waals surface area contributed by atoms with E-state index in [1.54, 1.807) is 38.0 Å². The molecule has 1 fully saturated rings. The third kappa shape index (κ3) is 11.8. The molecule has 4 amide bonds. The molecule has 0 spiro atoms. The lowest BCUT2D eigenvalue weighted by Crippen LogP contribution is -2.59. The van der Waals surface area contributed by atoms with Crippen molar-refractivity contribution >= 4 is 29.9 Å². The number of likely N-dealkylation sites (tertiary alicyclic amines) is 1. The molecule has 5 unspecified atom stereocenters. The van der Waals surface area contributed by atoms with E-state index in [0.29, 0.717) is 19.4 Å².